The number of fused-ring (bicyclic) bond motifs is 6. The number of phosphoric acid groups is 1. The Morgan fingerprint density at radius 2 is 1.24 bits per heavy atom. The van der Waals surface area contributed by atoms with Gasteiger partial charge in [0.05, 0.1) is 27.7 Å². The van der Waals surface area contributed by atoms with E-state index in [0.29, 0.717) is 56.9 Å². The normalized spacial score (nSPS) is 15.6. The van der Waals surface area contributed by atoms with Gasteiger partial charge in [-0.05, 0) is 88.7 Å². The summed E-state index contributed by atoms with van der Waals surface area (Å²) in [6, 6.07) is 21.1. The number of carbonyl (C=O) groups is 11. The van der Waals surface area contributed by atoms with Gasteiger partial charge in [-0.2, -0.15) is 8.42 Å². The van der Waals surface area contributed by atoms with E-state index in [1.54, 1.807) is 89.2 Å². The number of amides is 12. The van der Waals surface area contributed by atoms with Crippen molar-refractivity contribution in [2.75, 3.05) is 92.6 Å². The minimum absolute atomic E-state index is 0.0137. The van der Waals surface area contributed by atoms with E-state index >= 15 is 0 Å². The molecular formula is C74H88Cl2N11O20PS2. The number of hydrogen-bond acceptors (Lipinski definition) is 19. The lowest BCUT2D eigenvalue weighted by molar-refractivity contribution is -0.137. The Balaban J connectivity index is 0.788. The van der Waals surface area contributed by atoms with Crippen molar-refractivity contribution in [3.05, 3.63) is 136 Å². The zero-order valence-electron chi connectivity index (χ0n) is 61.5. The molecule has 31 nitrogen and oxygen atoms in total. The number of carbonyl (C=O) groups excluding carboxylic acids is 11. The number of unbranched alkanes of at least 4 members (excludes halogenated alkanes) is 2. The highest BCUT2D eigenvalue weighted by atomic mass is 35.5. The molecule has 0 aliphatic carbocycles. The summed E-state index contributed by atoms with van der Waals surface area (Å²) >= 11 is 14.1. The Morgan fingerprint density at radius 3 is 1.77 bits per heavy atom. The Morgan fingerprint density at radius 1 is 0.691 bits per heavy atom. The lowest BCUT2D eigenvalue weighted by atomic mass is 9.95. The van der Waals surface area contributed by atoms with Gasteiger partial charge in [-0.15, -0.1) is 34.5 Å². The molecule has 0 saturated heterocycles. The molecule has 6 aromatic rings. The zero-order valence-corrected chi connectivity index (χ0v) is 65.5. The van der Waals surface area contributed by atoms with E-state index in [1.807, 2.05) is 12.1 Å². The number of imide groups is 1. The van der Waals surface area contributed by atoms with Crippen LogP contribution in [0.3, 0.4) is 0 Å². The summed E-state index contributed by atoms with van der Waals surface area (Å²) in [5.41, 5.74) is 7.66. The van der Waals surface area contributed by atoms with Crippen LogP contribution in [0.25, 0.3) is 21.5 Å². The number of halogens is 2. The van der Waals surface area contributed by atoms with Crippen molar-refractivity contribution in [2.45, 2.75) is 110 Å². The highest BCUT2D eigenvalue weighted by Crippen LogP contribution is 2.51. The van der Waals surface area contributed by atoms with E-state index < -0.39 is 119 Å². The molecule has 0 spiro atoms. The lowest BCUT2D eigenvalue weighted by Gasteiger charge is -2.27. The Bertz CT molecular complexity index is 4690. The molecule has 590 valence electrons. The number of urea groups is 1. The molecule has 36 heteroatoms. The molecular weight excluding hydrogens is 1530 g/mol. The molecule has 3 aliphatic heterocycles. The molecule has 5 aromatic carbocycles. The van der Waals surface area contributed by atoms with E-state index in [0.717, 1.165) is 34.0 Å². The third kappa shape index (κ3) is 21.9. The van der Waals surface area contributed by atoms with Gasteiger partial charge in [0.15, 0.2) is 0 Å². The maximum absolute atomic E-state index is 14.7. The van der Waals surface area contributed by atoms with Crippen molar-refractivity contribution in [1.29, 1.82) is 0 Å². The van der Waals surface area contributed by atoms with Crippen LogP contribution in [0.15, 0.2) is 109 Å². The molecule has 3 aliphatic rings. The van der Waals surface area contributed by atoms with Crippen molar-refractivity contribution < 1.29 is 93.7 Å². The summed E-state index contributed by atoms with van der Waals surface area (Å²) in [6.45, 7) is 8.30. The van der Waals surface area contributed by atoms with Gasteiger partial charge in [0.2, 0.25) is 23.6 Å². The number of nitrogens with zero attached hydrogens (tertiary/aromatic N) is 5. The molecule has 5 atom stereocenters. The molecule has 0 radical (unpaired) electrons. The molecule has 4 heterocycles. The number of alkyl halides is 2. The van der Waals surface area contributed by atoms with E-state index in [9.17, 15) is 75.5 Å². The first-order valence-electron chi connectivity index (χ1n) is 35.3. The Labute approximate surface area is 649 Å². The first-order valence-corrected chi connectivity index (χ1v) is 40.3. The van der Waals surface area contributed by atoms with Crippen molar-refractivity contribution in [3.8, 4) is 11.5 Å². The van der Waals surface area contributed by atoms with Crippen LogP contribution >= 0.6 is 42.4 Å². The molecule has 0 bridgehead atoms. The quantitative estimate of drug-likeness (QED) is 0.00616. The maximum Gasteiger partial charge on any atom is 0.524 e. The van der Waals surface area contributed by atoms with E-state index in [-0.39, 0.29) is 129 Å². The summed E-state index contributed by atoms with van der Waals surface area (Å²) in [5, 5.41) is 15.1. The fourth-order valence-electron chi connectivity index (χ4n) is 12.6. The second-order valence-electron chi connectivity index (χ2n) is 28.3. The van der Waals surface area contributed by atoms with Crippen molar-refractivity contribution in [1.82, 2.24) is 36.0 Å². The first-order chi connectivity index (χ1) is 52.0. The molecule has 110 heavy (non-hydrogen) atoms. The number of anilines is 3. The van der Waals surface area contributed by atoms with Gasteiger partial charge < -0.3 is 65.9 Å². The number of rotatable bonds is 34. The minimum Gasteiger partial charge on any atom is -0.445 e. The van der Waals surface area contributed by atoms with Crippen molar-refractivity contribution in [3.63, 3.8) is 0 Å². The summed E-state index contributed by atoms with van der Waals surface area (Å²) in [7, 11) is -6.55. The van der Waals surface area contributed by atoms with Gasteiger partial charge in [0.25, 0.3) is 33.7 Å². The second-order valence-corrected chi connectivity index (χ2v) is 32.9. The lowest BCUT2D eigenvalue weighted by Crippen LogP contribution is -2.59. The molecule has 9 rings (SSSR count). The topological polar surface area (TPSA) is 419 Å². The monoisotopic (exact) mass is 1620 g/mol. The number of nitrogens with two attached hydrogens (primary N) is 1. The standard InChI is InChI=1S/C74H88Cl2N11O20PS2/c1-43(2)65(82-67(92)53(41-110(102,103)105-42-74(3,4)5)80-60(88)21-9-8-14-31-85-61(89)28-29-62(85)90)68(93)81-52(20-15-30-78-71(77)96)66(91)79-47-24-22-44(23-25-47)40-104-72(97)83(6)32-33-84(7)73(98)106-56-34-54-63(50-18-12-10-16-48(50)56)45(36-75)38-86(54)69(94)58-26-27-59(109-58)70(95)87-39-46(37-76)64-51-19-13-11-17-49(51)57(35-55(64)87)107-108(99,100)101/h10-13,16-19,22-29,34-35,43,45-46,52-53,65H,8-9,14-15,20-21,30-33,36-42H2,1-7H3,(H,79,91)(H,80,88)(H,81,93)(H,82,92)(H3,77,78,96)(H2,99,100,101). The van der Waals surface area contributed by atoms with E-state index in [2.05, 4.69) is 26.6 Å². The smallest absolute Gasteiger partial charge is 0.445 e. The van der Waals surface area contributed by atoms with Crippen LogP contribution in [0.1, 0.15) is 121 Å². The number of thiophene rings is 1. The maximum atomic E-state index is 14.7. The molecule has 5 unspecified atom stereocenters. The van der Waals surface area contributed by atoms with Crippen LogP contribution < -0.4 is 51.4 Å². The predicted octanol–water partition coefficient (Wildman–Crippen LogP) is 8.57. The van der Waals surface area contributed by atoms with Gasteiger partial charge in [-0.25, -0.2) is 18.9 Å². The SMILES string of the molecule is CC(C)C(NC(=O)C(CS(=O)(=O)OCC(C)(C)C)NC(=O)CCCCCN1C(=O)C=CC1=O)C(=O)NC(CCCNC(N)=O)C(=O)Nc1ccc(COC(=O)N(C)CCN(C)C(=O)Oc2cc3c(c4ccccc24)C(CCl)CN3C(=O)c2ccc(C(=O)N3CC(CCl)c4c3cc(OP(=O)(O)O)c3ccccc43)s2)cc1. The summed E-state index contributed by atoms with van der Waals surface area (Å²) in [4.78, 5) is 174. The van der Waals surface area contributed by atoms with Crippen LogP contribution in [-0.4, -0.2) is 194 Å². The fraction of sp³-hybridized carbons (Fsp3) is 0.419. The zero-order chi connectivity index (χ0) is 80.1. The summed E-state index contributed by atoms with van der Waals surface area (Å²) in [5.74, 6) is -7.26. The number of likely N-dealkylation sites (N-methyl/N-ethyl adjacent to an activating group) is 2. The number of hydrogen-bond donors (Lipinski definition) is 8. The van der Waals surface area contributed by atoms with Crippen LogP contribution in [0.5, 0.6) is 11.5 Å². The third-order valence-corrected chi connectivity index (χ3v) is 21.7. The highest BCUT2D eigenvalue weighted by Gasteiger charge is 2.41. The molecule has 0 fully saturated rings. The number of nitrogens with one attached hydrogen (secondary N) is 5. The molecule has 0 saturated carbocycles. The number of benzene rings is 5. The van der Waals surface area contributed by atoms with Crippen LogP contribution in [0.4, 0.5) is 31.4 Å². The number of ether oxygens (including phenoxy) is 2. The average molecular weight is 1620 g/mol. The molecule has 12 amide bonds. The van der Waals surface area contributed by atoms with Gasteiger partial charge in [-0.1, -0.05) is 102 Å². The summed E-state index contributed by atoms with van der Waals surface area (Å²) < 4.78 is 60.6. The minimum atomic E-state index is -5.02. The van der Waals surface area contributed by atoms with Crippen molar-refractivity contribution in [2.24, 2.45) is 17.1 Å². The van der Waals surface area contributed by atoms with Crippen LogP contribution in [0, 0.1) is 11.3 Å². The average Bonchev–Trinajstić information content (AvgIpc) is 1.58. The number of primary amides is 1. The third-order valence-electron chi connectivity index (χ3n) is 18.3. The second kappa shape index (κ2) is 36.9. The van der Waals surface area contributed by atoms with E-state index in [4.69, 9.17) is 47.1 Å². The Kier molecular flexibility index (Phi) is 28.2. The first kappa shape index (κ1) is 84.3. The van der Waals surface area contributed by atoms with Gasteiger partial charge >= 0.3 is 26.0 Å². The molecule has 1 aromatic heterocycles. The number of phosphoric ester groups is 1. The van der Waals surface area contributed by atoms with Crippen LogP contribution in [0.2, 0.25) is 0 Å². The van der Waals surface area contributed by atoms with Gasteiger partial charge in [0.1, 0.15) is 42.0 Å². The Hall–Kier alpha value is -9.73. The highest BCUT2D eigenvalue weighted by molar-refractivity contribution is 7.86. The predicted molar refractivity (Wildman–Crippen MR) is 413 cm³/mol. The van der Waals surface area contributed by atoms with Gasteiger partial charge in [-0.3, -0.25) is 57.2 Å². The van der Waals surface area contributed by atoms with Crippen molar-refractivity contribution >= 4 is 157 Å². The summed E-state index contributed by atoms with van der Waals surface area (Å²) in [6.07, 6.45) is 1.72. The van der Waals surface area contributed by atoms with Gasteiger partial charge in [0, 0.05) is 124 Å². The largest absolute Gasteiger partial charge is 0.524 e. The van der Waals surface area contributed by atoms with Crippen LogP contribution in [-0.2, 0) is 59.0 Å². The fourth-order valence-corrected chi connectivity index (χ4v) is 15.7. The molecule has 9 N–H and O–H groups in total. The van der Waals surface area contributed by atoms with E-state index in [1.165, 1.54) is 64.0 Å².